The summed E-state index contributed by atoms with van der Waals surface area (Å²) in [5.41, 5.74) is 6.56. The molecule has 0 spiro atoms. The molecule has 0 heterocycles. The van der Waals surface area contributed by atoms with Gasteiger partial charge in [0, 0.05) is 11.6 Å². The lowest BCUT2D eigenvalue weighted by molar-refractivity contribution is 0.134. The van der Waals surface area contributed by atoms with Gasteiger partial charge >= 0.3 is 0 Å². The van der Waals surface area contributed by atoms with Crippen molar-refractivity contribution in [2.75, 3.05) is 21.3 Å². The highest BCUT2D eigenvalue weighted by Crippen LogP contribution is 2.47. The molecule has 1 aromatic carbocycles. The summed E-state index contributed by atoms with van der Waals surface area (Å²) < 4.78 is 16.1. The molecule has 0 aliphatic rings. The Morgan fingerprint density at radius 1 is 1.10 bits per heavy atom. The highest BCUT2D eigenvalue weighted by Gasteiger charge is 2.25. The summed E-state index contributed by atoms with van der Waals surface area (Å²) in [7, 11) is 4.61. The molecule has 1 aromatic rings. The first-order chi connectivity index (χ1) is 9.87. The van der Waals surface area contributed by atoms with E-state index in [9.17, 15) is 5.11 Å². The van der Waals surface area contributed by atoms with Gasteiger partial charge in [0.2, 0.25) is 5.75 Å². The lowest BCUT2D eigenvalue weighted by atomic mass is 9.91. The molecule has 0 saturated heterocycles. The molecule has 6 heteroatoms. The zero-order chi connectivity index (χ0) is 16.2. The van der Waals surface area contributed by atoms with E-state index in [1.54, 1.807) is 20.1 Å². The van der Waals surface area contributed by atoms with Crippen LogP contribution in [0.1, 0.15) is 31.7 Å². The molecule has 1 rings (SSSR count). The Kier molecular flexibility index (Phi) is 6.58. The summed E-state index contributed by atoms with van der Waals surface area (Å²) in [4.78, 5) is 0. The van der Waals surface area contributed by atoms with E-state index < -0.39 is 6.10 Å². The van der Waals surface area contributed by atoms with Crippen LogP contribution < -0.4 is 19.9 Å². The summed E-state index contributed by atoms with van der Waals surface area (Å²) in [5, 5.41) is 10.4. The lowest BCUT2D eigenvalue weighted by Crippen LogP contribution is -2.32. The van der Waals surface area contributed by atoms with Crippen molar-refractivity contribution in [3.8, 4) is 17.2 Å². The third-order valence-corrected chi connectivity index (χ3v) is 3.80. The highest BCUT2D eigenvalue weighted by atomic mass is 35.5. The summed E-state index contributed by atoms with van der Waals surface area (Å²) >= 11 is 6.24. The maximum Gasteiger partial charge on any atom is 0.205 e. The summed E-state index contributed by atoms with van der Waals surface area (Å²) in [6, 6.07) is 1.48. The fraction of sp³-hybridized carbons (Fsp3) is 0.600. The van der Waals surface area contributed by atoms with Crippen molar-refractivity contribution in [3.63, 3.8) is 0 Å². The first-order valence-corrected chi connectivity index (χ1v) is 7.17. The molecular weight excluding hydrogens is 294 g/mol. The minimum Gasteiger partial charge on any atom is -0.492 e. The van der Waals surface area contributed by atoms with Gasteiger partial charge in [0.1, 0.15) is 0 Å². The maximum atomic E-state index is 9.96. The van der Waals surface area contributed by atoms with Crippen molar-refractivity contribution in [1.82, 2.24) is 0 Å². The largest absolute Gasteiger partial charge is 0.492 e. The van der Waals surface area contributed by atoms with Crippen LogP contribution in [0.2, 0.25) is 5.02 Å². The number of hydrogen-bond acceptors (Lipinski definition) is 5. The summed E-state index contributed by atoms with van der Waals surface area (Å²) in [5.74, 6) is 1.44. The fourth-order valence-corrected chi connectivity index (χ4v) is 2.55. The number of halogens is 1. The van der Waals surface area contributed by atoms with Crippen LogP contribution in [0.4, 0.5) is 0 Å². The molecule has 0 amide bonds. The fourth-order valence-electron chi connectivity index (χ4n) is 2.27. The third kappa shape index (κ3) is 3.93. The molecule has 0 fully saturated rings. The van der Waals surface area contributed by atoms with Crippen LogP contribution in [-0.2, 0) is 0 Å². The van der Waals surface area contributed by atoms with Crippen molar-refractivity contribution < 1.29 is 19.3 Å². The van der Waals surface area contributed by atoms with Crippen LogP contribution >= 0.6 is 11.6 Å². The number of methoxy groups -OCH3 is 3. The summed E-state index contributed by atoms with van der Waals surface area (Å²) in [6.07, 6.45) is -0.101. The van der Waals surface area contributed by atoms with E-state index in [4.69, 9.17) is 31.5 Å². The molecule has 5 nitrogen and oxygen atoms in total. The van der Waals surface area contributed by atoms with E-state index in [1.807, 2.05) is 6.92 Å². The van der Waals surface area contributed by atoms with Gasteiger partial charge in [-0.3, -0.25) is 0 Å². The second-order valence-corrected chi connectivity index (χ2v) is 5.52. The van der Waals surface area contributed by atoms with Crippen LogP contribution in [0.25, 0.3) is 0 Å². The average Bonchev–Trinajstić information content (AvgIpc) is 2.45. The van der Waals surface area contributed by atoms with Gasteiger partial charge in [-0.2, -0.15) is 0 Å². The van der Waals surface area contributed by atoms with E-state index in [0.717, 1.165) is 5.56 Å². The van der Waals surface area contributed by atoms with E-state index >= 15 is 0 Å². The molecule has 0 aliphatic heterocycles. The van der Waals surface area contributed by atoms with Crippen LogP contribution in [0.3, 0.4) is 0 Å². The van der Waals surface area contributed by atoms with Crippen LogP contribution in [-0.4, -0.2) is 38.6 Å². The molecule has 0 saturated carbocycles. The van der Waals surface area contributed by atoms with E-state index in [1.165, 1.54) is 14.2 Å². The van der Waals surface area contributed by atoms with Gasteiger partial charge in [-0.1, -0.05) is 18.5 Å². The normalized spacial score (nSPS) is 15.2. The Morgan fingerprint density at radius 3 is 2.05 bits per heavy atom. The molecule has 120 valence electrons. The number of ether oxygens (including phenoxy) is 3. The maximum absolute atomic E-state index is 9.96. The average molecular weight is 318 g/mol. The van der Waals surface area contributed by atoms with Crippen molar-refractivity contribution in [3.05, 3.63) is 16.7 Å². The molecule has 3 atom stereocenters. The van der Waals surface area contributed by atoms with Gasteiger partial charge in [0.05, 0.1) is 32.5 Å². The Morgan fingerprint density at radius 2 is 1.62 bits per heavy atom. The third-order valence-electron chi connectivity index (χ3n) is 3.52. The van der Waals surface area contributed by atoms with Gasteiger partial charge in [-0.15, -0.1) is 0 Å². The van der Waals surface area contributed by atoms with E-state index in [-0.39, 0.29) is 12.0 Å². The number of nitrogens with two attached hydrogens (primary N) is 1. The molecule has 0 aliphatic carbocycles. The van der Waals surface area contributed by atoms with E-state index in [2.05, 4.69) is 0 Å². The predicted molar refractivity (Wildman–Crippen MR) is 83.8 cm³/mol. The van der Waals surface area contributed by atoms with Crippen molar-refractivity contribution >= 4 is 11.6 Å². The Balaban J connectivity index is 3.26. The predicted octanol–water partition coefficient (Wildman–Crippen LogP) is 2.57. The number of aliphatic hydroxyl groups is 1. The van der Waals surface area contributed by atoms with Gasteiger partial charge < -0.3 is 25.1 Å². The van der Waals surface area contributed by atoms with Gasteiger partial charge in [0.25, 0.3) is 0 Å². The summed E-state index contributed by atoms with van der Waals surface area (Å²) in [6.45, 7) is 3.75. The number of hydrogen-bond donors (Lipinski definition) is 2. The topological polar surface area (TPSA) is 73.9 Å². The molecule has 0 radical (unpaired) electrons. The molecule has 0 aromatic heterocycles. The second kappa shape index (κ2) is 7.73. The zero-order valence-electron chi connectivity index (χ0n) is 13.1. The standard InChI is InChI=1S/C15H24ClNO4/c1-8(6-12(18)9(2)17)10-7-11(16)14(20-4)15(21-5)13(10)19-3/h7-9,12,18H,6,17H2,1-5H3. The first kappa shape index (κ1) is 17.9. The Bertz CT molecular complexity index is 479. The first-order valence-electron chi connectivity index (χ1n) is 6.79. The Labute approximate surface area is 130 Å². The SMILES string of the molecule is COc1c(Cl)cc(C(C)CC(O)C(C)N)c(OC)c1OC. The smallest absolute Gasteiger partial charge is 0.205 e. The van der Waals surface area contributed by atoms with Gasteiger partial charge in [-0.05, 0) is 25.3 Å². The van der Waals surface area contributed by atoms with Gasteiger partial charge in [0.15, 0.2) is 11.5 Å². The minimum absolute atomic E-state index is 0.00161. The van der Waals surface area contributed by atoms with Gasteiger partial charge in [-0.25, -0.2) is 0 Å². The molecule has 0 bridgehead atoms. The molecule has 3 unspecified atom stereocenters. The Hall–Kier alpha value is -1.17. The zero-order valence-corrected chi connectivity index (χ0v) is 13.9. The number of benzene rings is 1. The second-order valence-electron chi connectivity index (χ2n) is 5.11. The molecular formula is C15H24ClNO4. The molecule has 21 heavy (non-hydrogen) atoms. The quantitative estimate of drug-likeness (QED) is 0.808. The van der Waals surface area contributed by atoms with Crippen molar-refractivity contribution in [1.29, 1.82) is 0 Å². The van der Waals surface area contributed by atoms with E-state index in [0.29, 0.717) is 28.7 Å². The monoisotopic (exact) mass is 317 g/mol. The lowest BCUT2D eigenvalue weighted by Gasteiger charge is -2.23. The molecule has 3 N–H and O–H groups in total. The number of aliphatic hydroxyl groups excluding tert-OH is 1. The van der Waals surface area contributed by atoms with Crippen molar-refractivity contribution in [2.24, 2.45) is 5.73 Å². The van der Waals surface area contributed by atoms with Crippen LogP contribution in [0.15, 0.2) is 6.07 Å². The highest BCUT2D eigenvalue weighted by molar-refractivity contribution is 6.32. The van der Waals surface area contributed by atoms with Crippen LogP contribution in [0, 0.1) is 0 Å². The van der Waals surface area contributed by atoms with Crippen molar-refractivity contribution in [2.45, 2.75) is 38.3 Å². The number of rotatable bonds is 7. The van der Waals surface area contributed by atoms with Crippen LogP contribution in [0.5, 0.6) is 17.2 Å². The minimum atomic E-state index is -0.600.